The summed E-state index contributed by atoms with van der Waals surface area (Å²) in [6, 6.07) is 7.98. The topological polar surface area (TPSA) is 50.2 Å². The van der Waals surface area contributed by atoms with Gasteiger partial charge in [0.25, 0.3) is 5.56 Å². The Labute approximate surface area is 139 Å². The van der Waals surface area contributed by atoms with Crippen LogP contribution in [0.4, 0.5) is 4.39 Å². The van der Waals surface area contributed by atoms with Crippen molar-refractivity contribution in [3.8, 4) is 11.1 Å². The molecule has 0 unspecified atom stereocenters. The van der Waals surface area contributed by atoms with Crippen molar-refractivity contribution in [2.24, 2.45) is 5.92 Å². The number of H-pyrrole nitrogens is 1. The Bertz CT molecular complexity index is 922. The van der Waals surface area contributed by atoms with E-state index in [0.29, 0.717) is 11.6 Å². The molecule has 124 valence electrons. The maximum Gasteiger partial charge on any atom is 0.272 e. The molecule has 0 bridgehead atoms. The number of aromatic amines is 1. The van der Waals surface area contributed by atoms with Gasteiger partial charge in [-0.15, -0.1) is 0 Å². The van der Waals surface area contributed by atoms with Crippen molar-refractivity contribution < 1.29 is 4.39 Å². The van der Waals surface area contributed by atoms with Crippen LogP contribution in [0.1, 0.15) is 37.8 Å². The smallest absolute Gasteiger partial charge is 0.272 e. The molecule has 0 saturated heterocycles. The number of nitrogens with one attached hydrogen (secondary N) is 1. The van der Waals surface area contributed by atoms with Crippen LogP contribution in [0.5, 0.6) is 0 Å². The lowest BCUT2D eigenvalue weighted by Gasteiger charge is -2.20. The van der Waals surface area contributed by atoms with Crippen molar-refractivity contribution in [1.29, 1.82) is 0 Å². The molecule has 0 radical (unpaired) electrons. The first-order valence-corrected chi connectivity index (χ1v) is 8.57. The lowest BCUT2D eigenvalue weighted by Crippen LogP contribution is -2.18. The van der Waals surface area contributed by atoms with Crippen LogP contribution in [0.15, 0.2) is 41.3 Å². The molecule has 1 fully saturated rings. The van der Waals surface area contributed by atoms with Crippen molar-refractivity contribution >= 4 is 5.65 Å². The van der Waals surface area contributed by atoms with E-state index in [2.05, 4.69) is 5.10 Å². The number of aromatic nitrogens is 3. The third kappa shape index (κ3) is 2.86. The maximum atomic E-state index is 13.5. The molecule has 0 atom stereocenters. The first kappa shape index (κ1) is 15.1. The van der Waals surface area contributed by atoms with E-state index >= 15 is 0 Å². The normalized spacial score (nSPS) is 15.9. The SMILES string of the molecule is O=c1cc(CC2CCCCC2)nc2c(-c3cccc(F)c3)c[nH]n12. The predicted molar refractivity (Wildman–Crippen MR) is 91.5 cm³/mol. The molecule has 4 rings (SSSR count). The minimum absolute atomic E-state index is 0.117. The third-order valence-corrected chi connectivity index (χ3v) is 4.91. The van der Waals surface area contributed by atoms with Crippen molar-refractivity contribution in [2.45, 2.75) is 38.5 Å². The van der Waals surface area contributed by atoms with Gasteiger partial charge < -0.3 is 0 Å². The quantitative estimate of drug-likeness (QED) is 0.792. The highest BCUT2D eigenvalue weighted by Gasteiger charge is 2.17. The fourth-order valence-corrected chi connectivity index (χ4v) is 3.69. The molecule has 24 heavy (non-hydrogen) atoms. The molecule has 1 N–H and O–H groups in total. The Hall–Kier alpha value is -2.43. The first-order chi connectivity index (χ1) is 11.7. The van der Waals surface area contributed by atoms with E-state index < -0.39 is 0 Å². The van der Waals surface area contributed by atoms with Crippen LogP contribution in [0.25, 0.3) is 16.8 Å². The van der Waals surface area contributed by atoms with Crippen LogP contribution in [-0.2, 0) is 6.42 Å². The van der Waals surface area contributed by atoms with Crippen LogP contribution in [0, 0.1) is 11.7 Å². The molecule has 1 aliphatic carbocycles. The summed E-state index contributed by atoms with van der Waals surface area (Å²) in [5.74, 6) is 0.317. The fourth-order valence-electron chi connectivity index (χ4n) is 3.69. The number of benzene rings is 1. The van der Waals surface area contributed by atoms with Crippen LogP contribution < -0.4 is 5.56 Å². The van der Waals surface area contributed by atoms with Gasteiger partial charge in [-0.2, -0.15) is 0 Å². The van der Waals surface area contributed by atoms with Crippen molar-refractivity contribution in [3.63, 3.8) is 0 Å². The Morgan fingerprint density at radius 3 is 2.83 bits per heavy atom. The average molecular weight is 325 g/mol. The van der Waals surface area contributed by atoms with E-state index in [4.69, 9.17) is 4.98 Å². The van der Waals surface area contributed by atoms with Gasteiger partial charge in [-0.3, -0.25) is 9.89 Å². The van der Waals surface area contributed by atoms with Gasteiger partial charge in [-0.25, -0.2) is 13.9 Å². The highest BCUT2D eigenvalue weighted by Crippen LogP contribution is 2.27. The summed E-state index contributed by atoms with van der Waals surface area (Å²) in [4.78, 5) is 17.1. The summed E-state index contributed by atoms with van der Waals surface area (Å²) < 4.78 is 14.9. The molecule has 1 aliphatic rings. The molecule has 0 spiro atoms. The van der Waals surface area contributed by atoms with Gasteiger partial charge in [-0.05, 0) is 30.0 Å². The standard InChI is InChI=1S/C19H20FN3O/c20-15-8-4-7-14(10-15)17-12-21-23-18(24)11-16(22-19(17)23)9-13-5-2-1-3-6-13/h4,7-8,10-13,21H,1-3,5-6,9H2. The second kappa shape index (κ2) is 6.23. The Balaban J connectivity index is 1.75. The van der Waals surface area contributed by atoms with E-state index in [1.807, 2.05) is 6.07 Å². The molecule has 4 nitrogen and oxygen atoms in total. The zero-order valence-electron chi connectivity index (χ0n) is 13.5. The maximum absolute atomic E-state index is 13.5. The largest absolute Gasteiger partial charge is 0.296 e. The molecule has 5 heteroatoms. The summed E-state index contributed by atoms with van der Waals surface area (Å²) in [7, 11) is 0. The van der Waals surface area contributed by atoms with Gasteiger partial charge in [0.05, 0.1) is 0 Å². The van der Waals surface area contributed by atoms with Crippen LogP contribution in [0.3, 0.4) is 0 Å². The molecule has 0 amide bonds. The number of fused-ring (bicyclic) bond motifs is 1. The fraction of sp³-hybridized carbons (Fsp3) is 0.368. The second-order valence-corrected chi connectivity index (χ2v) is 6.65. The molecule has 2 aromatic heterocycles. The summed E-state index contributed by atoms with van der Waals surface area (Å²) in [6.45, 7) is 0. The van der Waals surface area contributed by atoms with E-state index in [-0.39, 0.29) is 11.4 Å². The monoisotopic (exact) mass is 325 g/mol. The number of nitrogens with zero attached hydrogens (tertiary/aromatic N) is 2. The van der Waals surface area contributed by atoms with Gasteiger partial charge in [0.2, 0.25) is 0 Å². The Morgan fingerprint density at radius 2 is 2.04 bits per heavy atom. The summed E-state index contributed by atoms with van der Waals surface area (Å²) in [5.41, 5.74) is 2.75. The highest BCUT2D eigenvalue weighted by atomic mass is 19.1. The number of hydrogen-bond acceptors (Lipinski definition) is 2. The molecule has 2 heterocycles. The molecule has 0 aliphatic heterocycles. The number of halogens is 1. The minimum atomic E-state index is -0.299. The predicted octanol–water partition coefficient (Wildman–Crippen LogP) is 3.95. The highest BCUT2D eigenvalue weighted by molar-refractivity contribution is 5.76. The van der Waals surface area contributed by atoms with Gasteiger partial charge >= 0.3 is 0 Å². The Morgan fingerprint density at radius 1 is 1.21 bits per heavy atom. The molecular formula is C19H20FN3O. The Kier molecular flexibility index (Phi) is 3.92. The number of hydrogen-bond donors (Lipinski definition) is 1. The molecule has 1 saturated carbocycles. The van der Waals surface area contributed by atoms with Gasteiger partial charge in [0, 0.05) is 23.5 Å². The summed E-state index contributed by atoms with van der Waals surface area (Å²) in [6.07, 6.45) is 8.83. The third-order valence-electron chi connectivity index (χ3n) is 4.91. The van der Waals surface area contributed by atoms with E-state index in [9.17, 15) is 9.18 Å². The van der Waals surface area contributed by atoms with Gasteiger partial charge in [0.15, 0.2) is 5.65 Å². The zero-order valence-corrected chi connectivity index (χ0v) is 13.5. The summed E-state index contributed by atoms with van der Waals surface area (Å²) >= 11 is 0. The van der Waals surface area contributed by atoms with Crippen LogP contribution >= 0.6 is 0 Å². The summed E-state index contributed by atoms with van der Waals surface area (Å²) in [5, 5.41) is 2.92. The van der Waals surface area contributed by atoms with Crippen molar-refractivity contribution in [1.82, 2.24) is 14.6 Å². The van der Waals surface area contributed by atoms with E-state index in [0.717, 1.165) is 23.2 Å². The van der Waals surface area contributed by atoms with Gasteiger partial charge in [-0.1, -0.05) is 44.2 Å². The minimum Gasteiger partial charge on any atom is -0.296 e. The molecular weight excluding hydrogens is 305 g/mol. The average Bonchev–Trinajstić information content (AvgIpc) is 3.00. The van der Waals surface area contributed by atoms with Gasteiger partial charge in [0.1, 0.15) is 5.82 Å². The second-order valence-electron chi connectivity index (χ2n) is 6.65. The van der Waals surface area contributed by atoms with Crippen molar-refractivity contribution in [3.05, 3.63) is 58.4 Å². The number of rotatable bonds is 3. The van der Waals surface area contributed by atoms with Crippen LogP contribution in [0.2, 0.25) is 0 Å². The first-order valence-electron chi connectivity index (χ1n) is 8.57. The van der Waals surface area contributed by atoms with Crippen molar-refractivity contribution in [2.75, 3.05) is 0 Å². The van der Waals surface area contributed by atoms with E-state index in [1.165, 1.54) is 48.8 Å². The lowest BCUT2D eigenvalue weighted by atomic mass is 9.86. The molecule has 1 aromatic carbocycles. The zero-order chi connectivity index (χ0) is 16.5. The van der Waals surface area contributed by atoms with E-state index in [1.54, 1.807) is 18.3 Å². The van der Waals surface area contributed by atoms with Crippen LogP contribution in [-0.4, -0.2) is 14.6 Å². The molecule has 3 aromatic rings. The lowest BCUT2D eigenvalue weighted by molar-refractivity contribution is 0.354.